The van der Waals surface area contributed by atoms with Gasteiger partial charge < -0.3 is 20.3 Å². The standard InChI is InChI=1S/C14H17N5O2/c1-19(2)13-15-8-11(9-16-13)18-14(20)17-10-4-6-12(21-3)7-5-10/h4-9H,1-3H3,(H2,17,18,20). The summed E-state index contributed by atoms with van der Waals surface area (Å²) in [6.45, 7) is 0. The van der Waals surface area contributed by atoms with Crippen molar-refractivity contribution in [2.45, 2.75) is 0 Å². The minimum Gasteiger partial charge on any atom is -0.497 e. The van der Waals surface area contributed by atoms with Crippen LogP contribution in [0.1, 0.15) is 0 Å². The van der Waals surface area contributed by atoms with Crippen molar-refractivity contribution in [2.24, 2.45) is 0 Å². The van der Waals surface area contributed by atoms with Crippen LogP contribution >= 0.6 is 0 Å². The zero-order chi connectivity index (χ0) is 15.2. The molecule has 2 amide bonds. The molecular weight excluding hydrogens is 270 g/mol. The third kappa shape index (κ3) is 4.07. The number of urea groups is 1. The van der Waals surface area contributed by atoms with Gasteiger partial charge in [-0.05, 0) is 24.3 Å². The number of carbonyl (C=O) groups excluding carboxylic acids is 1. The van der Waals surface area contributed by atoms with E-state index in [1.165, 1.54) is 0 Å². The number of ether oxygens (including phenoxy) is 1. The Morgan fingerprint density at radius 3 is 2.14 bits per heavy atom. The Kier molecular flexibility index (Phi) is 4.55. The van der Waals surface area contributed by atoms with Crippen molar-refractivity contribution < 1.29 is 9.53 Å². The number of nitrogens with zero attached hydrogens (tertiary/aromatic N) is 3. The van der Waals surface area contributed by atoms with Gasteiger partial charge in [0.15, 0.2) is 0 Å². The first-order valence-corrected chi connectivity index (χ1v) is 6.30. The summed E-state index contributed by atoms with van der Waals surface area (Å²) in [7, 11) is 5.28. The van der Waals surface area contributed by atoms with Crippen molar-refractivity contribution in [2.75, 3.05) is 36.7 Å². The fourth-order valence-electron chi connectivity index (χ4n) is 1.58. The normalized spacial score (nSPS) is 9.86. The summed E-state index contributed by atoms with van der Waals surface area (Å²) in [4.78, 5) is 21.8. The average molecular weight is 287 g/mol. The van der Waals surface area contributed by atoms with E-state index in [0.717, 1.165) is 5.75 Å². The zero-order valence-electron chi connectivity index (χ0n) is 12.1. The minimum atomic E-state index is -0.360. The van der Waals surface area contributed by atoms with Crippen molar-refractivity contribution in [3.8, 4) is 5.75 Å². The molecule has 0 unspecified atom stereocenters. The number of methoxy groups -OCH3 is 1. The van der Waals surface area contributed by atoms with Gasteiger partial charge in [-0.25, -0.2) is 14.8 Å². The molecule has 21 heavy (non-hydrogen) atoms. The third-order valence-electron chi connectivity index (χ3n) is 2.64. The van der Waals surface area contributed by atoms with Gasteiger partial charge in [0.05, 0.1) is 25.2 Å². The van der Waals surface area contributed by atoms with Crippen molar-refractivity contribution in [1.29, 1.82) is 0 Å². The maximum absolute atomic E-state index is 11.8. The van der Waals surface area contributed by atoms with Gasteiger partial charge in [-0.2, -0.15) is 0 Å². The van der Waals surface area contributed by atoms with E-state index in [1.54, 1.807) is 48.7 Å². The molecule has 2 rings (SSSR count). The van der Waals surface area contributed by atoms with Crippen LogP contribution in [-0.2, 0) is 0 Å². The number of benzene rings is 1. The quantitative estimate of drug-likeness (QED) is 0.901. The molecule has 0 saturated heterocycles. The number of aromatic nitrogens is 2. The Morgan fingerprint density at radius 2 is 1.62 bits per heavy atom. The highest BCUT2D eigenvalue weighted by molar-refractivity contribution is 5.99. The molecule has 0 spiro atoms. The largest absolute Gasteiger partial charge is 0.497 e. The number of hydrogen-bond donors (Lipinski definition) is 2. The van der Waals surface area contributed by atoms with Crippen LogP contribution in [0.25, 0.3) is 0 Å². The molecule has 2 N–H and O–H groups in total. The highest BCUT2D eigenvalue weighted by Crippen LogP contribution is 2.15. The van der Waals surface area contributed by atoms with Gasteiger partial charge in [0.1, 0.15) is 5.75 Å². The van der Waals surface area contributed by atoms with E-state index in [2.05, 4.69) is 20.6 Å². The topological polar surface area (TPSA) is 79.4 Å². The number of hydrogen-bond acceptors (Lipinski definition) is 5. The summed E-state index contributed by atoms with van der Waals surface area (Å²) in [6, 6.07) is 6.69. The first-order chi connectivity index (χ1) is 10.1. The lowest BCUT2D eigenvalue weighted by Crippen LogP contribution is -2.20. The smallest absolute Gasteiger partial charge is 0.323 e. The molecule has 0 radical (unpaired) electrons. The fraction of sp³-hybridized carbons (Fsp3) is 0.214. The highest BCUT2D eigenvalue weighted by atomic mass is 16.5. The van der Waals surface area contributed by atoms with Crippen LogP contribution in [0.4, 0.5) is 22.1 Å². The summed E-state index contributed by atoms with van der Waals surface area (Å²) in [5.74, 6) is 1.31. The van der Waals surface area contributed by atoms with Crippen LogP contribution in [0.5, 0.6) is 5.75 Å². The Morgan fingerprint density at radius 1 is 1.05 bits per heavy atom. The Balaban J connectivity index is 1.94. The molecule has 0 bridgehead atoms. The van der Waals surface area contributed by atoms with Gasteiger partial charge in [-0.3, -0.25) is 0 Å². The Hall–Kier alpha value is -2.83. The van der Waals surface area contributed by atoms with E-state index >= 15 is 0 Å². The molecule has 0 fully saturated rings. The molecule has 110 valence electrons. The molecule has 1 aromatic heterocycles. The van der Waals surface area contributed by atoms with Gasteiger partial charge in [-0.15, -0.1) is 0 Å². The second-order valence-electron chi connectivity index (χ2n) is 4.47. The molecule has 1 aromatic carbocycles. The second kappa shape index (κ2) is 6.56. The van der Waals surface area contributed by atoms with Crippen molar-refractivity contribution in [3.05, 3.63) is 36.7 Å². The number of carbonyl (C=O) groups is 1. The monoisotopic (exact) mass is 287 g/mol. The first-order valence-electron chi connectivity index (χ1n) is 6.30. The summed E-state index contributed by atoms with van der Waals surface area (Å²) in [6.07, 6.45) is 3.10. The van der Waals surface area contributed by atoms with E-state index in [-0.39, 0.29) is 6.03 Å². The van der Waals surface area contributed by atoms with E-state index in [0.29, 0.717) is 17.3 Å². The molecule has 0 aliphatic carbocycles. The van der Waals surface area contributed by atoms with E-state index in [4.69, 9.17) is 4.74 Å². The lowest BCUT2D eigenvalue weighted by atomic mass is 10.3. The number of rotatable bonds is 4. The number of anilines is 3. The van der Waals surface area contributed by atoms with Crippen molar-refractivity contribution in [1.82, 2.24) is 9.97 Å². The molecule has 7 nitrogen and oxygen atoms in total. The van der Waals surface area contributed by atoms with Gasteiger partial charge in [-0.1, -0.05) is 0 Å². The Bertz CT molecular complexity index is 596. The molecule has 2 aromatic rings. The van der Waals surface area contributed by atoms with E-state index in [9.17, 15) is 4.79 Å². The maximum Gasteiger partial charge on any atom is 0.323 e. The third-order valence-corrected chi connectivity index (χ3v) is 2.64. The molecule has 1 heterocycles. The SMILES string of the molecule is COc1ccc(NC(=O)Nc2cnc(N(C)C)nc2)cc1. The predicted molar refractivity (Wildman–Crippen MR) is 82.0 cm³/mol. The molecular formula is C14H17N5O2. The average Bonchev–Trinajstić information content (AvgIpc) is 2.48. The number of nitrogens with one attached hydrogen (secondary N) is 2. The lowest BCUT2D eigenvalue weighted by molar-refractivity contribution is 0.262. The second-order valence-corrected chi connectivity index (χ2v) is 4.47. The van der Waals surface area contributed by atoms with Gasteiger partial charge >= 0.3 is 6.03 Å². The van der Waals surface area contributed by atoms with Gasteiger partial charge in [0, 0.05) is 19.8 Å². The van der Waals surface area contributed by atoms with Crippen LogP contribution < -0.4 is 20.3 Å². The van der Waals surface area contributed by atoms with Crippen LogP contribution in [0.2, 0.25) is 0 Å². The van der Waals surface area contributed by atoms with Gasteiger partial charge in [0.2, 0.25) is 5.95 Å². The first kappa shape index (κ1) is 14.6. The predicted octanol–water partition coefficient (Wildman–Crippen LogP) is 2.20. The molecule has 0 atom stereocenters. The summed E-state index contributed by atoms with van der Waals surface area (Å²) >= 11 is 0. The fourth-order valence-corrected chi connectivity index (χ4v) is 1.58. The Labute approximate surface area is 123 Å². The molecule has 7 heteroatoms. The molecule has 0 aliphatic heterocycles. The van der Waals surface area contributed by atoms with E-state index < -0.39 is 0 Å². The minimum absolute atomic E-state index is 0.360. The number of amides is 2. The highest BCUT2D eigenvalue weighted by Gasteiger charge is 2.05. The van der Waals surface area contributed by atoms with Crippen LogP contribution in [-0.4, -0.2) is 37.2 Å². The van der Waals surface area contributed by atoms with Crippen LogP contribution in [0.15, 0.2) is 36.7 Å². The summed E-state index contributed by atoms with van der Waals surface area (Å²) in [5.41, 5.74) is 1.19. The maximum atomic E-state index is 11.8. The van der Waals surface area contributed by atoms with Crippen molar-refractivity contribution >= 4 is 23.4 Å². The van der Waals surface area contributed by atoms with Gasteiger partial charge in [0.25, 0.3) is 0 Å². The van der Waals surface area contributed by atoms with Crippen LogP contribution in [0.3, 0.4) is 0 Å². The van der Waals surface area contributed by atoms with Crippen molar-refractivity contribution in [3.63, 3.8) is 0 Å². The van der Waals surface area contributed by atoms with Crippen LogP contribution in [0, 0.1) is 0 Å². The molecule has 0 saturated carbocycles. The zero-order valence-corrected chi connectivity index (χ0v) is 12.1. The summed E-state index contributed by atoms with van der Waals surface area (Å²) < 4.78 is 5.05. The summed E-state index contributed by atoms with van der Waals surface area (Å²) in [5, 5.41) is 5.37. The van der Waals surface area contributed by atoms with E-state index in [1.807, 2.05) is 14.1 Å². The lowest BCUT2D eigenvalue weighted by Gasteiger charge is -2.11. The molecule has 0 aliphatic rings.